The number of esters is 1. The first-order valence-corrected chi connectivity index (χ1v) is 6.34. The Hall–Kier alpha value is -1.58. The van der Waals surface area contributed by atoms with Crippen LogP contribution in [0.1, 0.15) is 42.2 Å². The SMILES string of the molecule is COC(=O)c1ccc(NCC2(C)CCC2)nc1C. The van der Waals surface area contributed by atoms with Gasteiger partial charge in [0.05, 0.1) is 18.4 Å². The molecule has 1 N–H and O–H groups in total. The molecule has 2 rings (SSSR count). The summed E-state index contributed by atoms with van der Waals surface area (Å²) < 4.78 is 4.70. The van der Waals surface area contributed by atoms with Crippen LogP contribution in [-0.2, 0) is 4.74 Å². The number of rotatable bonds is 4. The summed E-state index contributed by atoms with van der Waals surface area (Å²) in [5.41, 5.74) is 1.64. The third-order valence-corrected chi connectivity index (χ3v) is 3.75. The third kappa shape index (κ3) is 2.63. The Kier molecular flexibility index (Phi) is 3.55. The number of aryl methyl sites for hydroxylation is 1. The first-order chi connectivity index (χ1) is 8.54. The van der Waals surface area contributed by atoms with E-state index in [1.54, 1.807) is 6.07 Å². The summed E-state index contributed by atoms with van der Waals surface area (Å²) in [5.74, 6) is 0.491. The highest BCUT2D eigenvalue weighted by Gasteiger charge is 2.31. The lowest BCUT2D eigenvalue weighted by molar-refractivity contribution is 0.0599. The highest BCUT2D eigenvalue weighted by atomic mass is 16.5. The number of carbonyl (C=O) groups excluding carboxylic acids is 1. The molecule has 1 saturated carbocycles. The molecule has 98 valence electrons. The fraction of sp³-hybridized carbons (Fsp3) is 0.571. The topological polar surface area (TPSA) is 51.2 Å². The predicted molar refractivity (Wildman–Crippen MR) is 70.8 cm³/mol. The number of anilines is 1. The van der Waals surface area contributed by atoms with Crippen molar-refractivity contribution >= 4 is 11.8 Å². The molecular weight excluding hydrogens is 228 g/mol. The van der Waals surface area contributed by atoms with E-state index < -0.39 is 0 Å². The van der Waals surface area contributed by atoms with Gasteiger partial charge in [-0.05, 0) is 37.3 Å². The predicted octanol–water partition coefficient (Wildman–Crippen LogP) is 2.78. The minimum absolute atomic E-state index is 0.336. The minimum atomic E-state index is -0.336. The fourth-order valence-corrected chi connectivity index (χ4v) is 2.25. The summed E-state index contributed by atoms with van der Waals surface area (Å²) in [6.45, 7) is 5.05. The van der Waals surface area contributed by atoms with E-state index in [4.69, 9.17) is 4.74 Å². The van der Waals surface area contributed by atoms with Gasteiger partial charge in [0.15, 0.2) is 0 Å². The zero-order valence-corrected chi connectivity index (χ0v) is 11.2. The minimum Gasteiger partial charge on any atom is -0.465 e. The summed E-state index contributed by atoms with van der Waals surface area (Å²) in [5, 5.41) is 3.35. The van der Waals surface area contributed by atoms with Crippen molar-refractivity contribution in [1.82, 2.24) is 4.98 Å². The van der Waals surface area contributed by atoms with Crippen molar-refractivity contribution in [3.05, 3.63) is 23.4 Å². The molecule has 0 unspecified atom stereocenters. The molecule has 4 heteroatoms. The van der Waals surface area contributed by atoms with Crippen molar-refractivity contribution in [1.29, 1.82) is 0 Å². The molecular formula is C14H20N2O2. The number of methoxy groups -OCH3 is 1. The first kappa shape index (κ1) is 12.9. The van der Waals surface area contributed by atoms with Crippen LogP contribution < -0.4 is 5.32 Å². The van der Waals surface area contributed by atoms with Gasteiger partial charge in [0, 0.05) is 6.54 Å². The lowest BCUT2D eigenvalue weighted by Gasteiger charge is -2.38. The normalized spacial score (nSPS) is 16.8. The van der Waals surface area contributed by atoms with E-state index >= 15 is 0 Å². The summed E-state index contributed by atoms with van der Waals surface area (Å²) in [6, 6.07) is 3.60. The highest BCUT2D eigenvalue weighted by Crippen LogP contribution is 2.40. The molecule has 0 atom stereocenters. The maximum atomic E-state index is 11.4. The van der Waals surface area contributed by atoms with Crippen molar-refractivity contribution in [2.75, 3.05) is 19.0 Å². The second-order valence-electron chi connectivity index (χ2n) is 5.34. The van der Waals surface area contributed by atoms with E-state index in [0.29, 0.717) is 16.7 Å². The zero-order valence-electron chi connectivity index (χ0n) is 11.2. The Balaban J connectivity index is 2.02. The number of pyridine rings is 1. The van der Waals surface area contributed by atoms with Gasteiger partial charge < -0.3 is 10.1 Å². The average Bonchev–Trinajstić information content (AvgIpc) is 2.33. The fourth-order valence-electron chi connectivity index (χ4n) is 2.25. The molecule has 0 amide bonds. The Labute approximate surface area is 108 Å². The van der Waals surface area contributed by atoms with Gasteiger partial charge in [-0.25, -0.2) is 9.78 Å². The quantitative estimate of drug-likeness (QED) is 0.832. The van der Waals surface area contributed by atoms with E-state index in [2.05, 4.69) is 17.2 Å². The molecule has 1 aromatic rings. The Morgan fingerprint density at radius 3 is 2.72 bits per heavy atom. The molecule has 4 nitrogen and oxygen atoms in total. The maximum Gasteiger partial charge on any atom is 0.339 e. The second-order valence-corrected chi connectivity index (χ2v) is 5.34. The van der Waals surface area contributed by atoms with Gasteiger partial charge in [0.2, 0.25) is 0 Å². The summed E-state index contributed by atoms with van der Waals surface area (Å²) in [7, 11) is 1.38. The standard InChI is InChI=1S/C14H20N2O2/c1-10-11(13(17)18-3)5-6-12(16-10)15-9-14(2)7-4-8-14/h5-6H,4,7-9H2,1-3H3,(H,15,16). The first-order valence-electron chi connectivity index (χ1n) is 6.34. The number of hydrogen-bond acceptors (Lipinski definition) is 4. The Morgan fingerprint density at radius 2 is 2.22 bits per heavy atom. The van der Waals surface area contributed by atoms with Crippen molar-refractivity contribution in [2.24, 2.45) is 5.41 Å². The van der Waals surface area contributed by atoms with E-state index in [1.807, 2.05) is 13.0 Å². The van der Waals surface area contributed by atoms with Gasteiger partial charge in [0.25, 0.3) is 0 Å². The van der Waals surface area contributed by atoms with Crippen LogP contribution in [0.15, 0.2) is 12.1 Å². The third-order valence-electron chi connectivity index (χ3n) is 3.75. The van der Waals surface area contributed by atoms with E-state index in [-0.39, 0.29) is 5.97 Å². The molecule has 1 aliphatic carbocycles. The average molecular weight is 248 g/mol. The van der Waals surface area contributed by atoms with Crippen LogP contribution in [-0.4, -0.2) is 24.6 Å². The second kappa shape index (κ2) is 4.96. The molecule has 0 saturated heterocycles. The van der Waals surface area contributed by atoms with Crippen LogP contribution in [0.2, 0.25) is 0 Å². The molecule has 0 aromatic carbocycles. The summed E-state index contributed by atoms with van der Waals surface area (Å²) >= 11 is 0. The van der Waals surface area contributed by atoms with Gasteiger partial charge >= 0.3 is 5.97 Å². The van der Waals surface area contributed by atoms with Crippen LogP contribution in [0.25, 0.3) is 0 Å². The lowest BCUT2D eigenvalue weighted by atomic mass is 9.70. The van der Waals surface area contributed by atoms with Gasteiger partial charge in [-0.15, -0.1) is 0 Å². The zero-order chi connectivity index (χ0) is 13.2. The molecule has 0 radical (unpaired) electrons. The van der Waals surface area contributed by atoms with E-state index in [9.17, 15) is 4.79 Å². The Morgan fingerprint density at radius 1 is 1.50 bits per heavy atom. The molecule has 0 aliphatic heterocycles. The molecule has 1 aliphatic rings. The van der Waals surface area contributed by atoms with Crippen LogP contribution in [0.4, 0.5) is 5.82 Å². The van der Waals surface area contributed by atoms with Gasteiger partial charge in [-0.1, -0.05) is 13.3 Å². The molecule has 18 heavy (non-hydrogen) atoms. The van der Waals surface area contributed by atoms with Crippen LogP contribution in [0.5, 0.6) is 0 Å². The van der Waals surface area contributed by atoms with Crippen LogP contribution >= 0.6 is 0 Å². The molecule has 1 aromatic heterocycles. The molecule has 0 bridgehead atoms. The summed E-state index contributed by atoms with van der Waals surface area (Å²) in [4.78, 5) is 15.8. The number of nitrogens with one attached hydrogen (secondary N) is 1. The number of aromatic nitrogens is 1. The van der Waals surface area contributed by atoms with Crippen LogP contribution in [0, 0.1) is 12.3 Å². The lowest BCUT2D eigenvalue weighted by Crippen LogP contribution is -2.33. The number of carbonyl (C=O) groups is 1. The largest absolute Gasteiger partial charge is 0.465 e. The number of ether oxygens (including phenoxy) is 1. The monoisotopic (exact) mass is 248 g/mol. The van der Waals surface area contributed by atoms with Gasteiger partial charge in [0.1, 0.15) is 5.82 Å². The smallest absolute Gasteiger partial charge is 0.339 e. The highest BCUT2D eigenvalue weighted by molar-refractivity contribution is 5.90. The molecule has 1 fully saturated rings. The van der Waals surface area contributed by atoms with Crippen molar-refractivity contribution in [3.63, 3.8) is 0 Å². The maximum absolute atomic E-state index is 11.4. The van der Waals surface area contributed by atoms with Gasteiger partial charge in [-0.2, -0.15) is 0 Å². The van der Waals surface area contributed by atoms with Crippen molar-refractivity contribution in [2.45, 2.75) is 33.1 Å². The van der Waals surface area contributed by atoms with E-state index in [0.717, 1.165) is 12.4 Å². The number of nitrogens with zero attached hydrogens (tertiary/aromatic N) is 1. The number of hydrogen-bond donors (Lipinski definition) is 1. The van der Waals surface area contributed by atoms with Gasteiger partial charge in [-0.3, -0.25) is 0 Å². The van der Waals surface area contributed by atoms with E-state index in [1.165, 1.54) is 26.4 Å². The van der Waals surface area contributed by atoms with Crippen molar-refractivity contribution in [3.8, 4) is 0 Å². The van der Waals surface area contributed by atoms with Crippen LogP contribution in [0.3, 0.4) is 0 Å². The molecule has 0 spiro atoms. The molecule has 1 heterocycles. The summed E-state index contributed by atoms with van der Waals surface area (Å²) in [6.07, 6.45) is 3.88. The Bertz CT molecular complexity index is 453. The van der Waals surface area contributed by atoms with Crippen molar-refractivity contribution < 1.29 is 9.53 Å².